The molecule has 11 heteroatoms. The number of rotatable bonds is 5. The van der Waals surface area contributed by atoms with Gasteiger partial charge in [-0.25, -0.2) is 9.78 Å². The zero-order chi connectivity index (χ0) is 38.3. The molecule has 3 heterocycles. The van der Waals surface area contributed by atoms with Gasteiger partial charge in [-0.1, -0.05) is 102 Å². The third-order valence-corrected chi connectivity index (χ3v) is 7.24. The van der Waals surface area contributed by atoms with Crippen molar-refractivity contribution < 1.29 is 68.5 Å². The smallest absolute Gasteiger partial charge is 0.354 e. The van der Waals surface area contributed by atoms with Crippen LogP contribution in [0.25, 0.3) is 33.4 Å². The molecule has 6 rings (SSSR count). The molecule has 0 aliphatic carbocycles. The monoisotopic (exact) mass is 1090 g/mol. The van der Waals surface area contributed by atoms with E-state index in [0.29, 0.717) is 5.69 Å². The predicted molar refractivity (Wildman–Crippen MR) is 199 cm³/mol. The van der Waals surface area contributed by atoms with E-state index in [1.807, 2.05) is 90.1 Å². The Hall–Kier alpha value is -4.66. The van der Waals surface area contributed by atoms with Crippen LogP contribution in [-0.4, -0.2) is 37.6 Å². The molecule has 1 N–H and O–H groups in total. The summed E-state index contributed by atoms with van der Waals surface area (Å²) < 4.78 is 25.8. The number of hydrogen-bond acceptors (Lipinski definition) is 6. The van der Waals surface area contributed by atoms with Crippen LogP contribution in [0.4, 0.5) is 8.78 Å². The Bertz CT molecular complexity index is 2050. The van der Waals surface area contributed by atoms with Gasteiger partial charge in [-0.2, -0.15) is 0 Å². The van der Waals surface area contributed by atoms with E-state index >= 15 is 0 Å². The number of carbonyl (C=O) groups is 3. The predicted octanol–water partition coefficient (Wildman–Crippen LogP) is 9.91. The molecule has 6 aromatic rings. The molecule has 0 atom stereocenters. The molecule has 0 aliphatic rings. The summed E-state index contributed by atoms with van der Waals surface area (Å²) in [6, 6.07) is 37.6. The van der Waals surface area contributed by atoms with Crippen LogP contribution in [0, 0.1) is 34.6 Å². The van der Waals surface area contributed by atoms with Gasteiger partial charge in [0.2, 0.25) is 0 Å². The molecule has 0 aliphatic heterocycles. The molecule has 3 aromatic carbocycles. The second kappa shape index (κ2) is 22.5. The number of Topliss-reactive ketones (excluding diaryl/α,β-unsaturated/α-hetero) is 2. The van der Waals surface area contributed by atoms with Crippen LogP contribution >= 0.6 is 0 Å². The number of hydrogen-bond donors (Lipinski definition) is 1. The number of pyridine rings is 3. The van der Waals surface area contributed by atoms with Gasteiger partial charge in [0.1, 0.15) is 17.3 Å². The van der Waals surface area contributed by atoms with E-state index in [0.717, 1.165) is 28.9 Å². The number of ketones is 2. The number of nitrogens with zero attached hydrogens (tertiary/aromatic N) is 3. The molecule has 0 fully saturated rings. The van der Waals surface area contributed by atoms with Crippen LogP contribution in [0.2, 0.25) is 0 Å². The molecular weight excluding hydrogens is 1040 g/mol. The Balaban J connectivity index is 0.000000362. The Morgan fingerprint density at radius 3 is 1.78 bits per heavy atom. The first kappa shape index (κ1) is 47.4. The molecule has 0 saturated carbocycles. The Morgan fingerprint density at radius 1 is 0.685 bits per heavy atom. The number of aromatic nitrogens is 3. The number of carbonyl (C=O) groups excluding carboxylic acids is 2. The van der Waals surface area contributed by atoms with Crippen LogP contribution in [0.1, 0.15) is 58.5 Å². The van der Waals surface area contributed by atoms with E-state index < -0.39 is 28.4 Å². The molecule has 0 bridgehead atoms. The first-order valence-corrected chi connectivity index (χ1v) is 16.4. The van der Waals surface area contributed by atoms with E-state index in [1.54, 1.807) is 36.5 Å². The zero-order valence-electron chi connectivity index (χ0n) is 30.7. The third kappa shape index (κ3) is 15.7. The van der Waals surface area contributed by atoms with E-state index in [1.165, 1.54) is 17.6 Å². The van der Waals surface area contributed by atoms with Crippen LogP contribution < -0.4 is 0 Å². The summed E-state index contributed by atoms with van der Waals surface area (Å²) in [4.78, 5) is 45.3. The van der Waals surface area contributed by atoms with Crippen molar-refractivity contribution in [3.05, 3.63) is 151 Å². The van der Waals surface area contributed by atoms with Gasteiger partial charge in [-0.05, 0) is 41.0 Å². The number of fused-ring (bicyclic) bond motifs is 1. The maximum atomic E-state index is 13.2. The standard InChI is InChI=1S/C15H10N.C11H6F2N.C11H20O2.C6H5NO2.2Ir/c1-2-6-12(7-3-1)15-11-10-13-8-4-5-9-14(13)16-15;12-8-4-5-9(10(13)7-8)11-3-1-2-6-14-11;1-10(2,3)8(12)7-9(13)11(4,5)6;8-6(9)5-3-1-2-4-7-5;;/h1-6,8-11H;1-4,6-7H;7H2,1-6H3;1-4H,(H,8,9);;/q2*-1;;;;. The summed E-state index contributed by atoms with van der Waals surface area (Å²) in [5, 5.41) is 9.49. The molecule has 54 heavy (non-hydrogen) atoms. The molecule has 7 nitrogen and oxygen atoms in total. The van der Waals surface area contributed by atoms with Crippen molar-refractivity contribution in [2.75, 3.05) is 0 Å². The molecule has 286 valence electrons. The van der Waals surface area contributed by atoms with Gasteiger partial charge in [-0.3, -0.25) is 23.4 Å². The molecule has 0 saturated heterocycles. The Labute approximate surface area is 342 Å². The number of carboxylic acid groups (broad SMARTS) is 1. The minimum Gasteiger partial charge on any atom is -0.477 e. The first-order valence-electron chi connectivity index (χ1n) is 16.4. The summed E-state index contributed by atoms with van der Waals surface area (Å²) in [5.41, 5.74) is 2.95. The van der Waals surface area contributed by atoms with Gasteiger partial charge in [0.05, 0.1) is 11.9 Å². The second-order valence-electron chi connectivity index (χ2n) is 13.5. The van der Waals surface area contributed by atoms with Crippen LogP contribution in [-0.2, 0) is 49.8 Å². The molecule has 0 amide bonds. The Kier molecular flexibility index (Phi) is 19.8. The van der Waals surface area contributed by atoms with Gasteiger partial charge in [0.25, 0.3) is 0 Å². The van der Waals surface area contributed by atoms with Gasteiger partial charge in [0.15, 0.2) is 0 Å². The first-order chi connectivity index (χ1) is 24.6. The maximum Gasteiger partial charge on any atom is 0.354 e. The fourth-order valence-electron chi connectivity index (χ4n) is 4.09. The van der Waals surface area contributed by atoms with E-state index in [4.69, 9.17) is 5.11 Å². The normalized spacial score (nSPS) is 10.3. The molecule has 0 unspecified atom stereocenters. The summed E-state index contributed by atoms with van der Waals surface area (Å²) in [5.74, 6) is -2.23. The van der Waals surface area contributed by atoms with Crippen LogP contribution in [0.5, 0.6) is 0 Å². The molecule has 2 radical (unpaired) electrons. The number of benzene rings is 3. The summed E-state index contributed by atoms with van der Waals surface area (Å²) >= 11 is 0. The average Bonchev–Trinajstić information content (AvgIpc) is 3.12. The zero-order valence-corrected chi connectivity index (χ0v) is 35.5. The summed E-state index contributed by atoms with van der Waals surface area (Å²) in [6.07, 6.45) is 3.06. The minimum atomic E-state index is -0.990. The van der Waals surface area contributed by atoms with Gasteiger partial charge in [0, 0.05) is 75.1 Å². The number of aromatic carboxylic acids is 1. The number of halogens is 2. The summed E-state index contributed by atoms with van der Waals surface area (Å²) in [7, 11) is 0. The van der Waals surface area contributed by atoms with E-state index in [9.17, 15) is 23.2 Å². The minimum absolute atomic E-state index is 0. The fourth-order valence-corrected chi connectivity index (χ4v) is 4.09. The molecular formula is C43H41F2Ir2N3O4-2. The number of para-hydroxylation sites is 1. The fraction of sp³-hybridized carbons (Fsp3) is 0.209. The van der Waals surface area contributed by atoms with Gasteiger partial charge < -0.3 is 10.1 Å². The number of carboxylic acids is 1. The van der Waals surface area contributed by atoms with Crippen molar-refractivity contribution in [3.8, 4) is 22.5 Å². The quantitative estimate of drug-likeness (QED) is 0.135. The van der Waals surface area contributed by atoms with Crippen molar-refractivity contribution in [2.24, 2.45) is 10.8 Å². The topological polar surface area (TPSA) is 110 Å². The van der Waals surface area contributed by atoms with Crippen molar-refractivity contribution >= 4 is 28.4 Å². The van der Waals surface area contributed by atoms with Crippen LogP contribution in [0.3, 0.4) is 0 Å². The van der Waals surface area contributed by atoms with Crippen molar-refractivity contribution in [3.63, 3.8) is 0 Å². The molecule has 0 spiro atoms. The second-order valence-corrected chi connectivity index (χ2v) is 13.5. The Morgan fingerprint density at radius 2 is 1.28 bits per heavy atom. The van der Waals surface area contributed by atoms with Crippen molar-refractivity contribution in [2.45, 2.75) is 48.0 Å². The van der Waals surface area contributed by atoms with Crippen molar-refractivity contribution in [1.82, 2.24) is 15.0 Å². The third-order valence-electron chi connectivity index (χ3n) is 7.24. The van der Waals surface area contributed by atoms with Gasteiger partial charge in [-0.15, -0.1) is 48.0 Å². The largest absolute Gasteiger partial charge is 0.477 e. The molecule has 3 aromatic heterocycles. The van der Waals surface area contributed by atoms with E-state index in [2.05, 4.69) is 39.2 Å². The van der Waals surface area contributed by atoms with Crippen molar-refractivity contribution in [1.29, 1.82) is 0 Å². The van der Waals surface area contributed by atoms with Crippen LogP contribution in [0.15, 0.2) is 122 Å². The SMILES string of the molecule is CC(C)(C)C(=O)CC(=O)C(C)(C)C.Fc1c[c-]c(-c2ccccn2)c(F)c1.O=C(O)c1ccccn1.[Ir].[Ir].[c-]1ccccc1-c1ccc2ccccc2n1. The van der Waals surface area contributed by atoms with E-state index in [-0.39, 0.29) is 69.5 Å². The maximum absolute atomic E-state index is 13.2. The summed E-state index contributed by atoms with van der Waals surface area (Å²) in [6.45, 7) is 11.0. The average molecular weight is 1090 g/mol. The van der Waals surface area contributed by atoms with Gasteiger partial charge >= 0.3 is 5.97 Å².